The van der Waals surface area contributed by atoms with Crippen LogP contribution in [-0.2, 0) is 22.3 Å². The highest BCUT2D eigenvalue weighted by molar-refractivity contribution is 7.88. The minimum Gasteiger partial charge on any atom is -0.271 e. The summed E-state index contributed by atoms with van der Waals surface area (Å²) in [4.78, 5) is 4.04. The Hall–Kier alpha value is -2.51. The molecule has 2 aromatic heterocycles. The Bertz CT molecular complexity index is 1070. The maximum absolute atomic E-state index is 13.3. The topological polar surface area (TPSA) is 68.1 Å². The van der Waals surface area contributed by atoms with Gasteiger partial charge in [0, 0.05) is 36.7 Å². The van der Waals surface area contributed by atoms with Crippen molar-refractivity contribution in [1.29, 1.82) is 0 Å². The van der Waals surface area contributed by atoms with E-state index in [0.29, 0.717) is 13.1 Å². The van der Waals surface area contributed by atoms with Crippen LogP contribution in [0.4, 0.5) is 0 Å². The molecule has 0 radical (unpaired) electrons. The van der Waals surface area contributed by atoms with Crippen LogP contribution in [0.2, 0.25) is 0 Å². The van der Waals surface area contributed by atoms with Crippen LogP contribution in [0.15, 0.2) is 61.1 Å². The van der Waals surface area contributed by atoms with E-state index in [0.717, 1.165) is 48.1 Å². The first-order valence-corrected chi connectivity index (χ1v) is 12.1. The molecule has 0 atom stereocenters. The Kier molecular flexibility index (Phi) is 6.29. The molecule has 1 aliphatic carbocycles. The van der Waals surface area contributed by atoms with Crippen molar-refractivity contribution in [3.05, 3.63) is 72.2 Å². The van der Waals surface area contributed by atoms with Crippen LogP contribution in [0, 0.1) is 6.92 Å². The molecule has 158 valence electrons. The number of hydrogen-bond acceptors (Lipinski definition) is 4. The van der Waals surface area contributed by atoms with Gasteiger partial charge >= 0.3 is 0 Å². The Morgan fingerprint density at radius 3 is 2.60 bits per heavy atom. The second kappa shape index (κ2) is 9.10. The third-order valence-electron chi connectivity index (χ3n) is 5.69. The molecule has 0 N–H and O–H groups in total. The van der Waals surface area contributed by atoms with E-state index in [2.05, 4.69) is 10.1 Å². The number of sulfonamides is 1. The van der Waals surface area contributed by atoms with Crippen LogP contribution in [-0.4, -0.2) is 40.1 Å². The van der Waals surface area contributed by atoms with Crippen LogP contribution in [0.25, 0.3) is 11.3 Å². The molecule has 1 fully saturated rings. The highest BCUT2D eigenvalue weighted by Crippen LogP contribution is 2.27. The third-order valence-corrected chi connectivity index (χ3v) is 7.58. The molecule has 0 spiro atoms. The number of hydrogen-bond donors (Lipinski definition) is 0. The number of nitrogens with zero attached hydrogens (tertiary/aromatic N) is 4. The lowest BCUT2D eigenvalue weighted by Crippen LogP contribution is -2.41. The molecular formula is C23H28N4O2S. The zero-order chi connectivity index (χ0) is 21.0. The SMILES string of the molecule is Cc1cccc(CS(=O)(=O)N(CCn2ccc(-c3ccncc3)n2)C2CCCC2)c1. The molecule has 4 rings (SSSR count). The van der Waals surface area contributed by atoms with E-state index in [4.69, 9.17) is 0 Å². The number of benzene rings is 1. The Balaban J connectivity index is 1.49. The lowest BCUT2D eigenvalue weighted by atomic mass is 10.2. The van der Waals surface area contributed by atoms with Gasteiger partial charge in [-0.15, -0.1) is 0 Å². The van der Waals surface area contributed by atoms with E-state index in [9.17, 15) is 8.42 Å². The van der Waals surface area contributed by atoms with Gasteiger partial charge in [0.1, 0.15) is 0 Å². The predicted molar refractivity (Wildman–Crippen MR) is 118 cm³/mol. The normalized spacial score (nSPS) is 15.1. The number of pyridine rings is 1. The van der Waals surface area contributed by atoms with Crippen molar-refractivity contribution in [2.45, 2.75) is 50.9 Å². The zero-order valence-corrected chi connectivity index (χ0v) is 18.1. The van der Waals surface area contributed by atoms with E-state index < -0.39 is 10.0 Å². The largest absolute Gasteiger partial charge is 0.271 e. The van der Waals surface area contributed by atoms with Crippen molar-refractivity contribution in [1.82, 2.24) is 19.1 Å². The molecule has 1 saturated carbocycles. The van der Waals surface area contributed by atoms with Gasteiger partial charge in [-0.1, -0.05) is 42.7 Å². The summed E-state index contributed by atoms with van der Waals surface area (Å²) in [6.07, 6.45) is 9.46. The van der Waals surface area contributed by atoms with Crippen molar-refractivity contribution >= 4 is 10.0 Å². The molecule has 0 saturated heterocycles. The van der Waals surface area contributed by atoms with Gasteiger partial charge in [0.15, 0.2) is 0 Å². The van der Waals surface area contributed by atoms with Crippen LogP contribution in [0.3, 0.4) is 0 Å². The Morgan fingerprint density at radius 1 is 1.10 bits per heavy atom. The molecule has 7 heteroatoms. The van der Waals surface area contributed by atoms with Crippen LogP contribution in [0.5, 0.6) is 0 Å². The minimum atomic E-state index is -3.41. The molecule has 0 unspecified atom stereocenters. The summed E-state index contributed by atoms with van der Waals surface area (Å²) in [5.74, 6) is 0.0482. The van der Waals surface area contributed by atoms with Gasteiger partial charge in [0.25, 0.3) is 0 Å². The Labute approximate surface area is 178 Å². The van der Waals surface area contributed by atoms with E-state index in [1.807, 2.05) is 60.3 Å². The zero-order valence-electron chi connectivity index (χ0n) is 17.3. The van der Waals surface area contributed by atoms with Crippen molar-refractivity contribution in [3.63, 3.8) is 0 Å². The molecule has 1 aromatic carbocycles. The second-order valence-corrected chi connectivity index (χ2v) is 9.92. The molecule has 3 aromatic rings. The van der Waals surface area contributed by atoms with Gasteiger partial charge in [-0.3, -0.25) is 9.67 Å². The Morgan fingerprint density at radius 2 is 1.87 bits per heavy atom. The molecular weight excluding hydrogens is 396 g/mol. The van der Waals surface area contributed by atoms with Gasteiger partial charge in [-0.25, -0.2) is 8.42 Å². The van der Waals surface area contributed by atoms with Crippen LogP contribution >= 0.6 is 0 Å². The van der Waals surface area contributed by atoms with Crippen molar-refractivity contribution < 1.29 is 8.42 Å². The fraction of sp³-hybridized carbons (Fsp3) is 0.391. The lowest BCUT2D eigenvalue weighted by molar-refractivity contribution is 0.305. The average Bonchev–Trinajstić information content (AvgIpc) is 3.41. The lowest BCUT2D eigenvalue weighted by Gasteiger charge is -2.28. The van der Waals surface area contributed by atoms with Gasteiger partial charge in [-0.2, -0.15) is 9.40 Å². The van der Waals surface area contributed by atoms with Gasteiger partial charge in [-0.05, 0) is 43.5 Å². The summed E-state index contributed by atoms with van der Waals surface area (Å²) in [5, 5.41) is 4.62. The molecule has 6 nitrogen and oxygen atoms in total. The number of rotatable bonds is 8. The third kappa shape index (κ3) is 4.96. The molecule has 2 heterocycles. The summed E-state index contributed by atoms with van der Waals surface area (Å²) >= 11 is 0. The maximum atomic E-state index is 13.3. The van der Waals surface area contributed by atoms with Crippen LogP contribution < -0.4 is 0 Å². The van der Waals surface area contributed by atoms with Crippen molar-refractivity contribution in [2.24, 2.45) is 0 Å². The highest BCUT2D eigenvalue weighted by atomic mass is 32.2. The average molecular weight is 425 g/mol. The minimum absolute atomic E-state index is 0.0482. The smallest absolute Gasteiger partial charge is 0.218 e. The number of aryl methyl sites for hydroxylation is 1. The quantitative estimate of drug-likeness (QED) is 0.548. The standard InChI is InChI=1S/C23H28N4O2S/c1-19-5-4-6-20(17-19)18-30(28,29)27(22-7-2-3-8-22)16-15-26-14-11-23(25-26)21-9-12-24-13-10-21/h4-6,9-14,17,22H,2-3,7-8,15-16,18H2,1H3. The highest BCUT2D eigenvalue weighted by Gasteiger charge is 2.32. The van der Waals surface area contributed by atoms with E-state index in [1.165, 1.54) is 0 Å². The first-order valence-electron chi connectivity index (χ1n) is 10.5. The fourth-order valence-electron chi connectivity index (χ4n) is 4.20. The summed E-state index contributed by atoms with van der Waals surface area (Å²) in [5.41, 5.74) is 3.79. The second-order valence-electron chi connectivity index (χ2n) is 7.99. The van der Waals surface area contributed by atoms with Crippen molar-refractivity contribution in [3.8, 4) is 11.3 Å². The van der Waals surface area contributed by atoms with Crippen LogP contribution in [0.1, 0.15) is 36.8 Å². The van der Waals surface area contributed by atoms with Gasteiger partial charge in [0.05, 0.1) is 18.0 Å². The van der Waals surface area contributed by atoms with Crippen molar-refractivity contribution in [2.75, 3.05) is 6.54 Å². The molecule has 30 heavy (non-hydrogen) atoms. The maximum Gasteiger partial charge on any atom is 0.218 e. The van der Waals surface area contributed by atoms with E-state index in [1.54, 1.807) is 16.7 Å². The predicted octanol–water partition coefficient (Wildman–Crippen LogP) is 4.03. The fourth-order valence-corrected chi connectivity index (χ4v) is 5.99. The summed E-state index contributed by atoms with van der Waals surface area (Å²) in [6, 6.07) is 13.7. The summed E-state index contributed by atoms with van der Waals surface area (Å²) < 4.78 is 30.2. The molecule has 0 amide bonds. The monoisotopic (exact) mass is 424 g/mol. The molecule has 0 aliphatic heterocycles. The number of aromatic nitrogens is 3. The molecule has 1 aliphatic rings. The van der Waals surface area contributed by atoms with Gasteiger partial charge in [0.2, 0.25) is 10.0 Å². The first-order chi connectivity index (χ1) is 14.5. The summed E-state index contributed by atoms with van der Waals surface area (Å²) in [6.45, 7) is 2.97. The van der Waals surface area contributed by atoms with E-state index >= 15 is 0 Å². The molecule has 0 bridgehead atoms. The summed E-state index contributed by atoms with van der Waals surface area (Å²) in [7, 11) is -3.41. The van der Waals surface area contributed by atoms with Gasteiger partial charge < -0.3 is 0 Å². The van der Waals surface area contributed by atoms with E-state index in [-0.39, 0.29) is 11.8 Å². The first kappa shape index (κ1) is 20.8.